The lowest BCUT2D eigenvalue weighted by molar-refractivity contribution is -0.132. The molecular weight excluding hydrogens is 492 g/mol. The number of anilines is 3. The van der Waals surface area contributed by atoms with E-state index in [1.807, 2.05) is 60.7 Å². The molecule has 0 heterocycles. The third-order valence-corrected chi connectivity index (χ3v) is 6.50. The zero-order valence-electron chi connectivity index (χ0n) is 21.7. The highest BCUT2D eigenvalue weighted by atomic mass is 16.4. The standard InChI is InChI=1S/C36H26N2O2/c1-37-35(36(39)40)14-8-9-27-15-21-32(22-16-27)38(33-23-17-30(18-24-33)28-10-4-2-5-11-28)34-25-19-31(20-26-34)29-12-6-3-7-13-29/h2-26H,(H,39,40). The van der Waals surface area contributed by atoms with E-state index in [0.717, 1.165) is 33.8 Å². The number of nitrogens with zero attached hydrogens (tertiary/aromatic N) is 2. The third kappa shape index (κ3) is 6.07. The van der Waals surface area contributed by atoms with Gasteiger partial charge in [-0.25, -0.2) is 4.85 Å². The van der Waals surface area contributed by atoms with Gasteiger partial charge in [0.15, 0.2) is 0 Å². The summed E-state index contributed by atoms with van der Waals surface area (Å²) in [6.45, 7) is 6.97. The Labute approximate surface area is 234 Å². The first-order valence-electron chi connectivity index (χ1n) is 12.8. The lowest BCUT2D eigenvalue weighted by Gasteiger charge is -2.26. The van der Waals surface area contributed by atoms with E-state index in [2.05, 4.69) is 82.5 Å². The zero-order chi connectivity index (χ0) is 27.7. The Kier molecular flexibility index (Phi) is 7.96. The van der Waals surface area contributed by atoms with Gasteiger partial charge in [-0.15, -0.1) is 0 Å². The van der Waals surface area contributed by atoms with Crippen molar-refractivity contribution < 1.29 is 9.90 Å². The molecule has 0 amide bonds. The Bertz CT molecular complexity index is 1600. The molecule has 0 fully saturated rings. The molecule has 192 valence electrons. The summed E-state index contributed by atoms with van der Waals surface area (Å²) in [5.41, 5.74) is 8.26. The molecule has 0 spiro atoms. The van der Waals surface area contributed by atoms with Gasteiger partial charge in [-0.2, -0.15) is 0 Å². The Morgan fingerprint density at radius 2 is 1.00 bits per heavy atom. The van der Waals surface area contributed by atoms with Crippen LogP contribution in [0.25, 0.3) is 33.2 Å². The highest BCUT2D eigenvalue weighted by Gasteiger charge is 2.13. The topological polar surface area (TPSA) is 44.9 Å². The molecule has 0 aromatic heterocycles. The summed E-state index contributed by atoms with van der Waals surface area (Å²) in [5.74, 6) is -1.23. The lowest BCUT2D eigenvalue weighted by Crippen LogP contribution is -2.09. The van der Waals surface area contributed by atoms with Crippen LogP contribution in [0.5, 0.6) is 0 Å². The number of rotatable bonds is 8. The molecule has 40 heavy (non-hydrogen) atoms. The van der Waals surface area contributed by atoms with Crippen molar-refractivity contribution in [2.24, 2.45) is 0 Å². The van der Waals surface area contributed by atoms with E-state index in [1.54, 1.807) is 12.2 Å². The Morgan fingerprint density at radius 1 is 0.600 bits per heavy atom. The van der Waals surface area contributed by atoms with E-state index in [-0.39, 0.29) is 5.70 Å². The second kappa shape index (κ2) is 12.3. The average Bonchev–Trinajstić information content (AvgIpc) is 3.01. The van der Waals surface area contributed by atoms with Crippen molar-refractivity contribution in [2.45, 2.75) is 0 Å². The summed E-state index contributed by atoms with van der Waals surface area (Å²) in [6, 6.07) is 45.7. The first kappa shape index (κ1) is 26.0. The van der Waals surface area contributed by atoms with Crippen molar-refractivity contribution in [3.8, 4) is 22.3 Å². The number of hydrogen-bond acceptors (Lipinski definition) is 2. The molecule has 4 heteroatoms. The Hall–Kier alpha value is -5.66. The van der Waals surface area contributed by atoms with Gasteiger partial charge in [-0.3, -0.25) is 4.79 Å². The minimum atomic E-state index is -1.23. The van der Waals surface area contributed by atoms with Gasteiger partial charge in [0.05, 0.1) is 6.57 Å². The molecule has 0 unspecified atom stereocenters. The van der Waals surface area contributed by atoms with Crippen molar-refractivity contribution in [3.63, 3.8) is 0 Å². The minimum Gasteiger partial charge on any atom is -0.486 e. The quantitative estimate of drug-likeness (QED) is 0.126. The molecule has 0 atom stereocenters. The normalized spacial score (nSPS) is 11.2. The van der Waals surface area contributed by atoms with E-state index in [1.165, 1.54) is 17.2 Å². The van der Waals surface area contributed by atoms with Gasteiger partial charge in [0.25, 0.3) is 5.70 Å². The van der Waals surface area contributed by atoms with Crippen LogP contribution in [-0.4, -0.2) is 11.1 Å². The zero-order valence-corrected chi connectivity index (χ0v) is 21.7. The number of carbonyl (C=O) groups is 1. The molecule has 0 bridgehead atoms. The fourth-order valence-electron chi connectivity index (χ4n) is 4.46. The molecule has 1 N–H and O–H groups in total. The first-order valence-corrected chi connectivity index (χ1v) is 12.8. The molecule has 5 aromatic carbocycles. The monoisotopic (exact) mass is 518 g/mol. The second-order valence-corrected chi connectivity index (χ2v) is 9.08. The van der Waals surface area contributed by atoms with Crippen LogP contribution in [0.2, 0.25) is 0 Å². The van der Waals surface area contributed by atoms with Gasteiger partial charge in [-0.1, -0.05) is 109 Å². The first-order chi connectivity index (χ1) is 19.6. The van der Waals surface area contributed by atoms with Crippen molar-refractivity contribution >= 4 is 29.1 Å². The maximum atomic E-state index is 11.0. The molecule has 5 rings (SSSR count). The maximum absolute atomic E-state index is 11.0. The third-order valence-electron chi connectivity index (χ3n) is 6.50. The average molecular weight is 519 g/mol. The van der Waals surface area contributed by atoms with Crippen LogP contribution in [0.4, 0.5) is 17.1 Å². The molecule has 0 saturated heterocycles. The van der Waals surface area contributed by atoms with Gasteiger partial charge in [0, 0.05) is 17.1 Å². The SMILES string of the molecule is [C-]#[N+]C(=CC=Cc1ccc(N(c2ccc(-c3ccccc3)cc2)c2ccc(-c3ccccc3)cc2)cc1)C(=O)O. The van der Waals surface area contributed by atoms with Crippen molar-refractivity contribution in [3.05, 3.63) is 168 Å². The number of aliphatic carboxylic acids is 1. The van der Waals surface area contributed by atoms with E-state index in [4.69, 9.17) is 11.7 Å². The number of carboxylic acids is 1. The van der Waals surface area contributed by atoms with Crippen LogP contribution >= 0.6 is 0 Å². The van der Waals surface area contributed by atoms with Crippen molar-refractivity contribution in [1.82, 2.24) is 0 Å². The highest BCUT2D eigenvalue weighted by Crippen LogP contribution is 2.36. The van der Waals surface area contributed by atoms with Crippen LogP contribution in [-0.2, 0) is 4.79 Å². The fourth-order valence-corrected chi connectivity index (χ4v) is 4.46. The Morgan fingerprint density at radius 3 is 1.40 bits per heavy atom. The summed E-state index contributed by atoms with van der Waals surface area (Å²) in [4.78, 5) is 16.3. The summed E-state index contributed by atoms with van der Waals surface area (Å²) in [6.07, 6.45) is 4.67. The molecule has 4 nitrogen and oxygen atoms in total. The minimum absolute atomic E-state index is 0.322. The van der Waals surface area contributed by atoms with Gasteiger partial charge in [0.1, 0.15) is 0 Å². The maximum Gasteiger partial charge on any atom is 0.333 e. The number of benzene rings is 5. The fraction of sp³-hybridized carbons (Fsp3) is 0. The van der Waals surface area contributed by atoms with Crippen LogP contribution in [0.3, 0.4) is 0 Å². The number of carboxylic acid groups (broad SMARTS) is 1. The van der Waals surface area contributed by atoms with Crippen LogP contribution in [0.1, 0.15) is 5.56 Å². The highest BCUT2D eigenvalue weighted by molar-refractivity contribution is 5.89. The summed E-state index contributed by atoms with van der Waals surface area (Å²) >= 11 is 0. The summed E-state index contributed by atoms with van der Waals surface area (Å²) < 4.78 is 0. The molecule has 5 aromatic rings. The van der Waals surface area contributed by atoms with Crippen LogP contribution in [0.15, 0.2) is 151 Å². The largest absolute Gasteiger partial charge is 0.486 e. The lowest BCUT2D eigenvalue weighted by atomic mass is 10.0. The van der Waals surface area contributed by atoms with Gasteiger partial charge in [0.2, 0.25) is 0 Å². The van der Waals surface area contributed by atoms with Crippen molar-refractivity contribution in [1.29, 1.82) is 0 Å². The van der Waals surface area contributed by atoms with E-state index in [9.17, 15) is 4.79 Å². The van der Waals surface area contributed by atoms with E-state index in [0.29, 0.717) is 0 Å². The summed E-state index contributed by atoms with van der Waals surface area (Å²) in [7, 11) is 0. The van der Waals surface area contributed by atoms with Crippen LogP contribution < -0.4 is 4.90 Å². The molecule has 0 aliphatic heterocycles. The Balaban J connectivity index is 1.48. The van der Waals surface area contributed by atoms with Crippen LogP contribution in [0, 0.1) is 6.57 Å². The predicted molar refractivity (Wildman–Crippen MR) is 163 cm³/mol. The number of allylic oxidation sites excluding steroid dienone is 2. The molecule has 0 aliphatic rings. The summed E-state index contributed by atoms with van der Waals surface area (Å²) in [5, 5.41) is 9.03. The van der Waals surface area contributed by atoms with Gasteiger partial charge >= 0.3 is 5.97 Å². The second-order valence-electron chi connectivity index (χ2n) is 9.08. The predicted octanol–water partition coefficient (Wildman–Crippen LogP) is 9.39. The molecule has 0 saturated carbocycles. The van der Waals surface area contributed by atoms with E-state index < -0.39 is 5.97 Å². The molecule has 0 radical (unpaired) electrons. The molecular formula is C36H26N2O2. The molecule has 0 aliphatic carbocycles. The van der Waals surface area contributed by atoms with E-state index >= 15 is 0 Å². The van der Waals surface area contributed by atoms with Crippen molar-refractivity contribution in [2.75, 3.05) is 4.90 Å². The van der Waals surface area contributed by atoms with Gasteiger partial charge < -0.3 is 10.0 Å². The smallest absolute Gasteiger partial charge is 0.333 e. The van der Waals surface area contributed by atoms with Gasteiger partial charge in [-0.05, 0) is 70.3 Å². The number of hydrogen-bond donors (Lipinski definition) is 1.